The number of ether oxygens (including phenoxy) is 1. The maximum absolute atomic E-state index is 5.43. The van der Waals surface area contributed by atoms with Gasteiger partial charge in [0.1, 0.15) is 5.75 Å². The lowest BCUT2D eigenvalue weighted by atomic mass is 10.1. The van der Waals surface area contributed by atoms with E-state index in [0.717, 1.165) is 22.7 Å². The van der Waals surface area contributed by atoms with Crippen LogP contribution in [0.5, 0.6) is 5.75 Å². The lowest BCUT2D eigenvalue weighted by molar-refractivity contribution is 0.415. The van der Waals surface area contributed by atoms with Crippen LogP contribution >= 0.6 is 12.2 Å². The van der Waals surface area contributed by atoms with E-state index < -0.39 is 0 Å². The second-order valence-corrected chi connectivity index (χ2v) is 5.27. The molecule has 21 heavy (non-hydrogen) atoms. The van der Waals surface area contributed by atoms with Gasteiger partial charge in [0.05, 0.1) is 12.8 Å². The lowest BCUT2D eigenvalue weighted by Gasteiger charge is -2.10. The molecule has 1 aromatic heterocycles. The van der Waals surface area contributed by atoms with Crippen LogP contribution in [0.25, 0.3) is 16.9 Å². The highest BCUT2D eigenvalue weighted by Gasteiger charge is 2.09. The number of imidazole rings is 1. The van der Waals surface area contributed by atoms with Crippen LogP contribution in [0.4, 0.5) is 0 Å². The van der Waals surface area contributed by atoms with Gasteiger partial charge < -0.3 is 9.72 Å². The van der Waals surface area contributed by atoms with Crippen LogP contribution in [-0.4, -0.2) is 16.7 Å². The highest BCUT2D eigenvalue weighted by Crippen LogP contribution is 2.25. The Labute approximate surface area is 128 Å². The maximum Gasteiger partial charge on any atom is 0.182 e. The summed E-state index contributed by atoms with van der Waals surface area (Å²) in [6, 6.07) is 16.3. The van der Waals surface area contributed by atoms with E-state index in [4.69, 9.17) is 17.0 Å². The normalized spacial score (nSPS) is 10.6. The SMILES string of the molecule is COc1ccc(-c2c[nH]c(=S)n2-c2cccc(C)c2)cc1. The molecular weight excluding hydrogens is 280 g/mol. The number of methoxy groups -OCH3 is 1. The molecule has 0 bridgehead atoms. The van der Waals surface area contributed by atoms with Gasteiger partial charge in [0, 0.05) is 17.4 Å². The number of nitrogens with zero attached hydrogens (tertiary/aromatic N) is 1. The number of nitrogens with one attached hydrogen (secondary N) is 1. The van der Waals surface area contributed by atoms with Crippen molar-refractivity contribution in [3.05, 3.63) is 65.1 Å². The minimum absolute atomic E-state index is 0.686. The number of aromatic nitrogens is 2. The monoisotopic (exact) mass is 296 g/mol. The third kappa shape index (κ3) is 2.62. The Morgan fingerprint density at radius 3 is 2.52 bits per heavy atom. The van der Waals surface area contributed by atoms with Gasteiger partial charge in [-0.25, -0.2) is 0 Å². The molecule has 0 atom stereocenters. The Hall–Kier alpha value is -2.33. The van der Waals surface area contributed by atoms with Crippen molar-refractivity contribution in [2.45, 2.75) is 6.92 Å². The van der Waals surface area contributed by atoms with Gasteiger partial charge in [-0.15, -0.1) is 0 Å². The topological polar surface area (TPSA) is 29.9 Å². The van der Waals surface area contributed by atoms with E-state index in [0.29, 0.717) is 4.77 Å². The van der Waals surface area contributed by atoms with Gasteiger partial charge in [-0.3, -0.25) is 4.57 Å². The van der Waals surface area contributed by atoms with E-state index in [2.05, 4.69) is 30.1 Å². The number of H-pyrrole nitrogens is 1. The number of aryl methyl sites for hydroxylation is 1. The molecular formula is C17H16N2OS. The van der Waals surface area contributed by atoms with Crippen molar-refractivity contribution in [2.75, 3.05) is 7.11 Å². The first-order chi connectivity index (χ1) is 10.2. The fraction of sp³-hybridized carbons (Fsp3) is 0.118. The molecule has 106 valence electrons. The predicted octanol–water partition coefficient (Wildman–Crippen LogP) is 4.52. The predicted molar refractivity (Wildman–Crippen MR) is 87.7 cm³/mol. The van der Waals surface area contributed by atoms with Gasteiger partial charge >= 0.3 is 0 Å². The first-order valence-electron chi connectivity index (χ1n) is 6.71. The molecule has 1 heterocycles. The minimum Gasteiger partial charge on any atom is -0.497 e. The first-order valence-corrected chi connectivity index (χ1v) is 7.12. The fourth-order valence-corrected chi connectivity index (χ4v) is 2.63. The van der Waals surface area contributed by atoms with Crippen molar-refractivity contribution >= 4 is 12.2 Å². The maximum atomic E-state index is 5.43. The van der Waals surface area contributed by atoms with Gasteiger partial charge in [-0.2, -0.15) is 0 Å². The Balaban J connectivity index is 2.14. The molecule has 0 amide bonds. The largest absolute Gasteiger partial charge is 0.497 e. The summed E-state index contributed by atoms with van der Waals surface area (Å²) in [4.78, 5) is 3.13. The quantitative estimate of drug-likeness (QED) is 0.720. The fourth-order valence-electron chi connectivity index (χ4n) is 2.37. The van der Waals surface area contributed by atoms with Gasteiger partial charge in [0.25, 0.3) is 0 Å². The van der Waals surface area contributed by atoms with E-state index in [9.17, 15) is 0 Å². The van der Waals surface area contributed by atoms with Crippen LogP contribution in [0.15, 0.2) is 54.7 Å². The number of aromatic amines is 1. The van der Waals surface area contributed by atoms with Crippen molar-refractivity contribution < 1.29 is 4.74 Å². The summed E-state index contributed by atoms with van der Waals surface area (Å²) in [5.74, 6) is 0.843. The first kappa shape index (κ1) is 13.6. The van der Waals surface area contributed by atoms with Gasteiger partial charge in [0.2, 0.25) is 0 Å². The van der Waals surface area contributed by atoms with E-state index in [-0.39, 0.29) is 0 Å². The zero-order valence-corrected chi connectivity index (χ0v) is 12.8. The Morgan fingerprint density at radius 2 is 1.86 bits per heavy atom. The summed E-state index contributed by atoms with van der Waals surface area (Å²) in [6.07, 6.45) is 1.94. The molecule has 3 rings (SSSR count). The second-order valence-electron chi connectivity index (χ2n) is 4.88. The van der Waals surface area contributed by atoms with E-state index in [1.807, 2.05) is 41.1 Å². The zero-order valence-electron chi connectivity index (χ0n) is 12.0. The second kappa shape index (κ2) is 5.58. The molecule has 0 unspecified atom stereocenters. The van der Waals surface area contributed by atoms with E-state index >= 15 is 0 Å². The third-order valence-electron chi connectivity index (χ3n) is 3.42. The van der Waals surface area contributed by atoms with Crippen molar-refractivity contribution in [3.63, 3.8) is 0 Å². The highest BCUT2D eigenvalue weighted by molar-refractivity contribution is 7.71. The summed E-state index contributed by atoms with van der Waals surface area (Å²) in [7, 11) is 1.67. The van der Waals surface area contributed by atoms with Gasteiger partial charge in [-0.1, -0.05) is 12.1 Å². The molecule has 0 saturated heterocycles. The molecule has 0 aliphatic carbocycles. The molecule has 0 aliphatic heterocycles. The number of benzene rings is 2. The average molecular weight is 296 g/mol. The summed E-state index contributed by atoms with van der Waals surface area (Å²) in [6.45, 7) is 2.08. The molecule has 4 heteroatoms. The smallest absolute Gasteiger partial charge is 0.182 e. The molecule has 0 radical (unpaired) electrons. The average Bonchev–Trinajstić information content (AvgIpc) is 2.89. The van der Waals surface area contributed by atoms with Crippen molar-refractivity contribution in [1.82, 2.24) is 9.55 Å². The number of hydrogen-bond donors (Lipinski definition) is 1. The Morgan fingerprint density at radius 1 is 1.10 bits per heavy atom. The standard InChI is InChI=1S/C17H16N2OS/c1-12-4-3-5-14(10-12)19-16(11-18-17(19)21)13-6-8-15(20-2)9-7-13/h3-11H,1-2H3,(H,18,21). The van der Waals surface area contributed by atoms with Crippen LogP contribution in [0.2, 0.25) is 0 Å². The Kier molecular flexibility index (Phi) is 3.62. The summed E-state index contributed by atoms with van der Waals surface area (Å²) in [5, 5.41) is 0. The lowest BCUT2D eigenvalue weighted by Crippen LogP contribution is -1.97. The number of hydrogen-bond acceptors (Lipinski definition) is 2. The van der Waals surface area contributed by atoms with E-state index in [1.165, 1.54) is 5.56 Å². The summed E-state index contributed by atoms with van der Waals surface area (Å²) >= 11 is 5.43. The van der Waals surface area contributed by atoms with Crippen molar-refractivity contribution in [3.8, 4) is 22.7 Å². The molecule has 0 aliphatic rings. The Bertz CT molecular complexity index is 815. The van der Waals surface area contributed by atoms with Crippen molar-refractivity contribution in [2.24, 2.45) is 0 Å². The van der Waals surface area contributed by atoms with Crippen molar-refractivity contribution in [1.29, 1.82) is 0 Å². The summed E-state index contributed by atoms with van der Waals surface area (Å²) < 4.78 is 7.94. The molecule has 2 aromatic carbocycles. The molecule has 0 saturated carbocycles. The van der Waals surface area contributed by atoms with Crippen LogP contribution in [0.3, 0.4) is 0 Å². The van der Waals surface area contributed by atoms with Crippen LogP contribution < -0.4 is 4.74 Å². The number of rotatable bonds is 3. The molecule has 1 N–H and O–H groups in total. The van der Waals surface area contributed by atoms with Crippen LogP contribution in [0, 0.1) is 11.7 Å². The molecule has 3 aromatic rings. The molecule has 3 nitrogen and oxygen atoms in total. The molecule has 0 spiro atoms. The van der Waals surface area contributed by atoms with Crippen LogP contribution in [-0.2, 0) is 0 Å². The van der Waals surface area contributed by atoms with E-state index in [1.54, 1.807) is 7.11 Å². The highest BCUT2D eigenvalue weighted by atomic mass is 32.1. The third-order valence-corrected chi connectivity index (χ3v) is 3.72. The minimum atomic E-state index is 0.686. The summed E-state index contributed by atoms with van der Waals surface area (Å²) in [5.41, 5.74) is 4.39. The molecule has 0 fully saturated rings. The van der Waals surface area contributed by atoms with Gasteiger partial charge in [-0.05, 0) is 61.1 Å². The zero-order chi connectivity index (χ0) is 14.8. The van der Waals surface area contributed by atoms with Gasteiger partial charge in [0.15, 0.2) is 4.77 Å². The van der Waals surface area contributed by atoms with Crippen LogP contribution in [0.1, 0.15) is 5.56 Å².